The van der Waals surface area contributed by atoms with Crippen LogP contribution in [0.3, 0.4) is 0 Å². The van der Waals surface area contributed by atoms with E-state index in [4.69, 9.17) is 0 Å². The fourth-order valence-corrected chi connectivity index (χ4v) is 10.3. The molecular weight excluding hydrogens is 432 g/mol. The van der Waals surface area contributed by atoms with Gasteiger partial charge in [-0.2, -0.15) is 0 Å². The zero-order valence-electron chi connectivity index (χ0n) is 22.5. The summed E-state index contributed by atoms with van der Waals surface area (Å²) >= 11 is 0. The predicted molar refractivity (Wildman–Crippen MR) is 153 cm³/mol. The highest BCUT2D eigenvalue weighted by Gasteiger charge is 2.61. The van der Waals surface area contributed by atoms with Crippen molar-refractivity contribution in [2.75, 3.05) is 0 Å². The summed E-state index contributed by atoms with van der Waals surface area (Å²) in [4.78, 5) is 0. The van der Waals surface area contributed by atoms with Gasteiger partial charge in [-0.3, -0.25) is 0 Å². The average Bonchev–Trinajstić information content (AvgIpc) is 3.55. The van der Waals surface area contributed by atoms with E-state index >= 15 is 0 Å². The smallest absolute Gasteiger partial charge is 0.0264 e. The SMILES string of the molecule is C=CCCCC1CCC(C(c2ccccc2)(c2ccccc2)C2C3CCCCC3C3CCCCC32)C1. The normalized spacial score (nSPS) is 34.2. The maximum atomic E-state index is 3.99. The lowest BCUT2D eigenvalue weighted by atomic mass is 9.52. The van der Waals surface area contributed by atoms with Gasteiger partial charge < -0.3 is 0 Å². The number of rotatable bonds is 8. The van der Waals surface area contributed by atoms with Gasteiger partial charge in [-0.05, 0) is 104 Å². The average molecular weight is 481 g/mol. The van der Waals surface area contributed by atoms with Gasteiger partial charge in [-0.1, -0.05) is 105 Å². The summed E-state index contributed by atoms with van der Waals surface area (Å²) in [6, 6.07) is 24.0. The molecule has 2 aromatic rings. The Hall–Kier alpha value is -1.82. The van der Waals surface area contributed by atoms with Crippen LogP contribution in [-0.4, -0.2) is 0 Å². The van der Waals surface area contributed by atoms with Crippen LogP contribution in [0.4, 0.5) is 0 Å². The molecule has 192 valence electrons. The molecule has 0 aliphatic heterocycles. The molecule has 0 N–H and O–H groups in total. The summed E-state index contributed by atoms with van der Waals surface area (Å²) < 4.78 is 0. The van der Waals surface area contributed by atoms with Crippen molar-refractivity contribution in [1.29, 1.82) is 0 Å². The molecule has 0 radical (unpaired) electrons. The van der Waals surface area contributed by atoms with E-state index in [-0.39, 0.29) is 5.41 Å². The minimum absolute atomic E-state index is 0.173. The second-order valence-electron chi connectivity index (χ2n) is 12.9. The van der Waals surface area contributed by atoms with E-state index in [0.29, 0.717) is 0 Å². The highest BCUT2D eigenvalue weighted by atomic mass is 14.6. The first kappa shape index (κ1) is 24.5. The molecule has 2 aromatic carbocycles. The van der Waals surface area contributed by atoms with Crippen molar-refractivity contribution in [2.45, 2.75) is 95.3 Å². The van der Waals surface area contributed by atoms with Crippen molar-refractivity contribution < 1.29 is 0 Å². The van der Waals surface area contributed by atoms with Gasteiger partial charge in [-0.15, -0.1) is 6.58 Å². The largest absolute Gasteiger partial charge is 0.103 e. The van der Waals surface area contributed by atoms with E-state index in [0.717, 1.165) is 41.4 Å². The first-order chi connectivity index (χ1) is 17.8. The van der Waals surface area contributed by atoms with Gasteiger partial charge in [0.15, 0.2) is 0 Å². The molecule has 0 bridgehead atoms. The Kier molecular flexibility index (Phi) is 7.41. The number of fused-ring (bicyclic) bond motifs is 3. The zero-order chi connectivity index (χ0) is 24.4. The standard InChI is InChI=1S/C36H48/c1-2-3-6-15-27-24-25-30(26-27)36(28-16-7-4-8-17-28,29-18-9-5-10-19-29)35-33-22-13-11-20-31(33)32-21-12-14-23-34(32)35/h2,4-5,7-10,16-19,27,30-35H,1,3,6,11-15,20-26H2. The minimum atomic E-state index is 0.173. The van der Waals surface area contributed by atoms with Crippen LogP contribution in [0.5, 0.6) is 0 Å². The van der Waals surface area contributed by atoms with Crippen molar-refractivity contribution in [3.05, 3.63) is 84.4 Å². The fourth-order valence-electron chi connectivity index (χ4n) is 10.3. The molecule has 0 aromatic heterocycles. The van der Waals surface area contributed by atoms with Crippen molar-refractivity contribution in [3.63, 3.8) is 0 Å². The number of allylic oxidation sites excluding steroid dienone is 1. The summed E-state index contributed by atoms with van der Waals surface area (Å²) in [5.41, 5.74) is 3.47. The Morgan fingerprint density at radius 3 is 1.72 bits per heavy atom. The maximum Gasteiger partial charge on any atom is 0.0264 e. The van der Waals surface area contributed by atoms with Crippen LogP contribution in [0.2, 0.25) is 0 Å². The Balaban J connectivity index is 1.50. The highest BCUT2D eigenvalue weighted by molar-refractivity contribution is 5.43. The molecular formula is C36H48. The van der Waals surface area contributed by atoms with Crippen LogP contribution >= 0.6 is 0 Å². The molecule has 0 nitrogen and oxygen atoms in total. The van der Waals surface area contributed by atoms with Gasteiger partial charge >= 0.3 is 0 Å². The molecule has 0 amide bonds. The molecule has 0 saturated heterocycles. The Bertz CT molecular complexity index is 912. The quantitative estimate of drug-likeness (QED) is 0.260. The monoisotopic (exact) mass is 480 g/mol. The topological polar surface area (TPSA) is 0 Å². The molecule has 0 spiro atoms. The lowest BCUT2D eigenvalue weighted by molar-refractivity contribution is 0.0946. The third-order valence-electron chi connectivity index (χ3n) is 11.5. The third kappa shape index (κ3) is 4.21. The van der Waals surface area contributed by atoms with Crippen LogP contribution in [0.25, 0.3) is 0 Å². The molecule has 6 rings (SSSR count). The van der Waals surface area contributed by atoms with E-state index in [1.54, 1.807) is 11.1 Å². The van der Waals surface area contributed by atoms with Crippen molar-refractivity contribution in [1.82, 2.24) is 0 Å². The van der Waals surface area contributed by atoms with E-state index in [1.807, 2.05) is 0 Å². The van der Waals surface area contributed by atoms with Crippen LogP contribution in [0.1, 0.15) is 101 Å². The number of unbranched alkanes of at least 4 members (excludes halogenated alkanes) is 1. The molecule has 4 aliphatic rings. The maximum absolute atomic E-state index is 3.99. The lowest BCUT2D eigenvalue weighted by Crippen LogP contribution is -2.48. The molecule has 6 atom stereocenters. The van der Waals surface area contributed by atoms with E-state index < -0.39 is 0 Å². The third-order valence-corrected chi connectivity index (χ3v) is 11.5. The van der Waals surface area contributed by atoms with Crippen LogP contribution in [0.15, 0.2) is 73.3 Å². The lowest BCUT2D eigenvalue weighted by Gasteiger charge is -2.51. The summed E-state index contributed by atoms with van der Waals surface area (Å²) in [6.07, 6.45) is 22.2. The second-order valence-corrected chi connectivity index (χ2v) is 12.9. The predicted octanol–water partition coefficient (Wildman–Crippen LogP) is 9.99. The van der Waals surface area contributed by atoms with Crippen LogP contribution in [0, 0.1) is 41.4 Å². The summed E-state index contributed by atoms with van der Waals surface area (Å²) in [7, 11) is 0. The van der Waals surface area contributed by atoms with E-state index in [9.17, 15) is 0 Å². The molecule has 36 heavy (non-hydrogen) atoms. The first-order valence-corrected chi connectivity index (χ1v) is 15.6. The summed E-state index contributed by atoms with van der Waals surface area (Å²) in [5.74, 6) is 6.31. The van der Waals surface area contributed by atoms with Gasteiger partial charge in [0, 0.05) is 5.41 Å². The Labute approximate surface area is 221 Å². The fraction of sp³-hybridized carbons (Fsp3) is 0.611. The molecule has 4 fully saturated rings. The molecule has 0 heteroatoms. The van der Waals surface area contributed by atoms with E-state index in [2.05, 4.69) is 73.3 Å². The Morgan fingerprint density at radius 1 is 0.667 bits per heavy atom. The first-order valence-electron chi connectivity index (χ1n) is 15.6. The van der Waals surface area contributed by atoms with E-state index in [1.165, 1.54) is 89.9 Å². The Morgan fingerprint density at radius 2 is 1.19 bits per heavy atom. The van der Waals surface area contributed by atoms with Crippen LogP contribution in [-0.2, 0) is 5.41 Å². The number of hydrogen-bond donors (Lipinski definition) is 0. The molecule has 4 aliphatic carbocycles. The number of hydrogen-bond acceptors (Lipinski definition) is 0. The van der Waals surface area contributed by atoms with Crippen LogP contribution < -0.4 is 0 Å². The molecule has 6 unspecified atom stereocenters. The zero-order valence-corrected chi connectivity index (χ0v) is 22.5. The summed E-state index contributed by atoms with van der Waals surface area (Å²) in [5, 5.41) is 0. The van der Waals surface area contributed by atoms with Gasteiger partial charge in [0.05, 0.1) is 0 Å². The molecule has 0 heterocycles. The van der Waals surface area contributed by atoms with Crippen molar-refractivity contribution >= 4 is 0 Å². The minimum Gasteiger partial charge on any atom is -0.103 e. The van der Waals surface area contributed by atoms with Crippen molar-refractivity contribution in [3.8, 4) is 0 Å². The van der Waals surface area contributed by atoms with Gasteiger partial charge in [0.2, 0.25) is 0 Å². The van der Waals surface area contributed by atoms with Gasteiger partial charge in [0.1, 0.15) is 0 Å². The molecule has 4 saturated carbocycles. The van der Waals surface area contributed by atoms with Gasteiger partial charge in [-0.25, -0.2) is 0 Å². The van der Waals surface area contributed by atoms with Gasteiger partial charge in [0.25, 0.3) is 0 Å². The second kappa shape index (κ2) is 10.9. The highest BCUT2D eigenvalue weighted by Crippen LogP contribution is 2.67. The number of benzene rings is 2. The summed E-state index contributed by atoms with van der Waals surface area (Å²) in [6.45, 7) is 3.99. The van der Waals surface area contributed by atoms with Crippen molar-refractivity contribution in [2.24, 2.45) is 41.4 Å².